The van der Waals surface area contributed by atoms with Crippen molar-refractivity contribution < 1.29 is 14.3 Å². The average molecular weight is 278 g/mol. The Hall–Kier alpha value is -1.52. The molecular weight excluding hydrogens is 256 g/mol. The summed E-state index contributed by atoms with van der Waals surface area (Å²) in [6.07, 6.45) is 5.17. The van der Waals surface area contributed by atoms with Crippen LogP contribution in [0.25, 0.3) is 0 Å². The summed E-state index contributed by atoms with van der Waals surface area (Å²) in [5.74, 6) is 1.58. The second-order valence-corrected chi connectivity index (χ2v) is 6.38. The van der Waals surface area contributed by atoms with Crippen molar-refractivity contribution in [1.29, 1.82) is 0 Å². The summed E-state index contributed by atoms with van der Waals surface area (Å²) < 4.78 is 5.18. The highest BCUT2D eigenvalue weighted by molar-refractivity contribution is 5.84. The Labute approximate surface area is 119 Å². The van der Waals surface area contributed by atoms with Crippen LogP contribution in [0.5, 0.6) is 0 Å². The van der Waals surface area contributed by atoms with Crippen LogP contribution in [0.3, 0.4) is 0 Å². The zero-order valence-corrected chi connectivity index (χ0v) is 12.1. The molecule has 1 saturated heterocycles. The summed E-state index contributed by atoms with van der Waals surface area (Å²) in [5.41, 5.74) is 0. The van der Waals surface area contributed by atoms with E-state index in [0.29, 0.717) is 43.5 Å². The van der Waals surface area contributed by atoms with Gasteiger partial charge in [0.15, 0.2) is 0 Å². The van der Waals surface area contributed by atoms with E-state index in [2.05, 4.69) is 12.2 Å². The van der Waals surface area contributed by atoms with Crippen LogP contribution in [0.4, 0.5) is 4.79 Å². The smallest absolute Gasteiger partial charge is 0.410 e. The first-order valence-corrected chi connectivity index (χ1v) is 7.45. The van der Waals surface area contributed by atoms with Crippen molar-refractivity contribution in [3.63, 3.8) is 0 Å². The van der Waals surface area contributed by atoms with E-state index in [4.69, 9.17) is 4.74 Å². The SMILES string of the molecule is CC(C)COC(=O)N1CCN(C2C3C=CCC32)C(=O)C1. The second kappa shape index (κ2) is 5.11. The first-order valence-electron chi connectivity index (χ1n) is 7.45. The number of carbonyl (C=O) groups is 2. The summed E-state index contributed by atoms with van der Waals surface area (Å²) in [5, 5.41) is 0. The summed E-state index contributed by atoms with van der Waals surface area (Å²) in [7, 11) is 0. The maximum atomic E-state index is 12.2. The van der Waals surface area contributed by atoms with Gasteiger partial charge in [-0.15, -0.1) is 0 Å². The lowest BCUT2D eigenvalue weighted by atomic mass is 10.2. The molecule has 3 aliphatic rings. The van der Waals surface area contributed by atoms with E-state index >= 15 is 0 Å². The third-order valence-electron chi connectivity index (χ3n) is 4.37. The van der Waals surface area contributed by atoms with Gasteiger partial charge in [0.05, 0.1) is 6.61 Å². The molecule has 3 rings (SSSR count). The second-order valence-electron chi connectivity index (χ2n) is 6.38. The zero-order chi connectivity index (χ0) is 14.3. The molecule has 0 aromatic rings. The summed E-state index contributed by atoms with van der Waals surface area (Å²) >= 11 is 0. The zero-order valence-electron chi connectivity index (χ0n) is 12.1. The Morgan fingerprint density at radius 3 is 2.85 bits per heavy atom. The molecule has 1 saturated carbocycles. The van der Waals surface area contributed by atoms with E-state index in [-0.39, 0.29) is 18.5 Å². The highest BCUT2D eigenvalue weighted by Crippen LogP contribution is 2.51. The van der Waals surface area contributed by atoms with E-state index in [1.165, 1.54) is 4.90 Å². The monoisotopic (exact) mass is 278 g/mol. The van der Waals surface area contributed by atoms with Gasteiger partial charge in [-0.2, -0.15) is 0 Å². The van der Waals surface area contributed by atoms with Gasteiger partial charge in [0.2, 0.25) is 5.91 Å². The number of hydrogen-bond acceptors (Lipinski definition) is 3. The van der Waals surface area contributed by atoms with Crippen LogP contribution in [0.1, 0.15) is 20.3 Å². The van der Waals surface area contributed by atoms with Gasteiger partial charge < -0.3 is 9.64 Å². The minimum atomic E-state index is -0.359. The van der Waals surface area contributed by atoms with Gasteiger partial charge in [-0.1, -0.05) is 26.0 Å². The first-order chi connectivity index (χ1) is 9.58. The van der Waals surface area contributed by atoms with Gasteiger partial charge in [0.1, 0.15) is 6.54 Å². The van der Waals surface area contributed by atoms with Gasteiger partial charge >= 0.3 is 6.09 Å². The van der Waals surface area contributed by atoms with Crippen LogP contribution in [-0.4, -0.2) is 54.1 Å². The lowest BCUT2D eigenvalue weighted by Gasteiger charge is -2.34. The number of amides is 2. The lowest BCUT2D eigenvalue weighted by Crippen LogP contribution is -2.53. The summed E-state index contributed by atoms with van der Waals surface area (Å²) in [4.78, 5) is 27.6. The minimum Gasteiger partial charge on any atom is -0.449 e. The molecule has 2 amide bonds. The number of fused-ring (bicyclic) bond motifs is 1. The van der Waals surface area contributed by atoms with Crippen molar-refractivity contribution >= 4 is 12.0 Å². The van der Waals surface area contributed by atoms with E-state index in [1.54, 1.807) is 0 Å². The molecule has 1 aliphatic heterocycles. The van der Waals surface area contributed by atoms with Gasteiger partial charge in [-0.25, -0.2) is 4.79 Å². The Morgan fingerprint density at radius 2 is 2.25 bits per heavy atom. The number of allylic oxidation sites excluding steroid dienone is 1. The molecule has 5 nitrogen and oxygen atoms in total. The van der Waals surface area contributed by atoms with Gasteiger partial charge in [0, 0.05) is 25.0 Å². The van der Waals surface area contributed by atoms with E-state index < -0.39 is 0 Å². The molecule has 0 N–H and O–H groups in total. The van der Waals surface area contributed by atoms with Crippen molar-refractivity contribution in [2.75, 3.05) is 26.2 Å². The Morgan fingerprint density at radius 1 is 1.45 bits per heavy atom. The molecule has 3 unspecified atom stereocenters. The maximum absolute atomic E-state index is 12.2. The molecular formula is C15H22N2O3. The number of rotatable bonds is 3. The molecule has 0 spiro atoms. The summed E-state index contributed by atoms with van der Waals surface area (Å²) in [6.45, 7) is 5.79. The molecule has 2 aliphatic carbocycles. The van der Waals surface area contributed by atoms with Crippen LogP contribution >= 0.6 is 0 Å². The molecule has 0 radical (unpaired) electrons. The number of nitrogens with zero attached hydrogens (tertiary/aromatic N) is 2. The molecule has 0 aromatic carbocycles. The van der Waals surface area contributed by atoms with Gasteiger partial charge in [0.25, 0.3) is 0 Å². The van der Waals surface area contributed by atoms with E-state index in [1.807, 2.05) is 18.7 Å². The van der Waals surface area contributed by atoms with Crippen molar-refractivity contribution in [2.45, 2.75) is 26.3 Å². The molecule has 5 heteroatoms. The number of carbonyl (C=O) groups excluding carboxylic acids is 2. The van der Waals surface area contributed by atoms with Gasteiger partial charge in [-0.05, 0) is 18.3 Å². The fourth-order valence-electron chi connectivity index (χ4n) is 3.25. The number of ether oxygens (including phenoxy) is 1. The van der Waals surface area contributed by atoms with Crippen LogP contribution in [0, 0.1) is 17.8 Å². The van der Waals surface area contributed by atoms with Crippen molar-refractivity contribution in [2.24, 2.45) is 17.8 Å². The largest absolute Gasteiger partial charge is 0.449 e. The van der Waals surface area contributed by atoms with Crippen LogP contribution in [-0.2, 0) is 9.53 Å². The molecule has 1 heterocycles. The van der Waals surface area contributed by atoms with Crippen molar-refractivity contribution in [3.05, 3.63) is 12.2 Å². The Balaban J connectivity index is 1.51. The van der Waals surface area contributed by atoms with Crippen molar-refractivity contribution in [1.82, 2.24) is 9.80 Å². The number of hydrogen-bond donors (Lipinski definition) is 0. The minimum absolute atomic E-state index is 0.0607. The molecule has 2 fully saturated rings. The predicted molar refractivity (Wildman–Crippen MR) is 74.0 cm³/mol. The van der Waals surface area contributed by atoms with Crippen LogP contribution < -0.4 is 0 Å². The number of piperazine rings is 1. The quantitative estimate of drug-likeness (QED) is 0.735. The molecule has 110 valence electrons. The standard InChI is InChI=1S/C15H22N2O3/c1-10(2)9-20-15(19)16-6-7-17(13(18)8-16)14-11-4-3-5-12(11)14/h3-4,10-12,14H,5-9H2,1-2H3. The third-order valence-corrected chi connectivity index (χ3v) is 4.37. The van der Waals surface area contributed by atoms with Gasteiger partial charge in [-0.3, -0.25) is 9.69 Å². The fraction of sp³-hybridized carbons (Fsp3) is 0.733. The molecule has 0 bridgehead atoms. The Kier molecular flexibility index (Phi) is 3.44. The highest BCUT2D eigenvalue weighted by Gasteiger charge is 2.55. The topological polar surface area (TPSA) is 49.9 Å². The van der Waals surface area contributed by atoms with E-state index in [0.717, 1.165) is 6.42 Å². The molecule has 3 atom stereocenters. The fourth-order valence-corrected chi connectivity index (χ4v) is 3.25. The lowest BCUT2D eigenvalue weighted by molar-refractivity contribution is -0.136. The average Bonchev–Trinajstić information content (AvgIpc) is 2.88. The first kappa shape index (κ1) is 13.5. The molecule has 0 aromatic heterocycles. The van der Waals surface area contributed by atoms with Crippen molar-refractivity contribution in [3.8, 4) is 0 Å². The predicted octanol–water partition coefficient (Wildman–Crippen LogP) is 1.50. The normalized spacial score (nSPS) is 31.8. The van der Waals surface area contributed by atoms with E-state index in [9.17, 15) is 9.59 Å². The maximum Gasteiger partial charge on any atom is 0.410 e. The summed E-state index contributed by atoms with van der Waals surface area (Å²) in [6, 6.07) is 0.390. The van der Waals surface area contributed by atoms with Crippen LogP contribution in [0.2, 0.25) is 0 Å². The Bertz CT molecular complexity index is 446. The highest BCUT2D eigenvalue weighted by atomic mass is 16.6. The third kappa shape index (κ3) is 2.41. The molecule has 20 heavy (non-hydrogen) atoms. The van der Waals surface area contributed by atoms with Crippen LogP contribution in [0.15, 0.2) is 12.2 Å².